The van der Waals surface area contributed by atoms with Crippen molar-refractivity contribution in [3.8, 4) is 0 Å². The van der Waals surface area contributed by atoms with E-state index in [-0.39, 0.29) is 48.0 Å². The van der Waals surface area contributed by atoms with Crippen LogP contribution in [-0.4, -0.2) is 120 Å². The molecule has 4 aliphatic heterocycles. The summed E-state index contributed by atoms with van der Waals surface area (Å²) in [5.41, 5.74) is 1.08. The minimum atomic E-state index is -1.22. The number of likely N-dealkylation sites (tertiary alicyclic amines) is 1. The summed E-state index contributed by atoms with van der Waals surface area (Å²) < 4.78 is 30.0. The molecule has 8 rings (SSSR count). The van der Waals surface area contributed by atoms with E-state index in [1.165, 1.54) is 32.1 Å². The number of pyridine rings is 1. The molecule has 5 heterocycles. The fourth-order valence-corrected chi connectivity index (χ4v) is 10.2. The number of ether oxygens (including phenoxy) is 2. The van der Waals surface area contributed by atoms with E-state index in [1.54, 1.807) is 18.1 Å². The van der Waals surface area contributed by atoms with Gasteiger partial charge in [-0.3, -0.25) is 14.6 Å². The molecule has 1 N–H and O–H groups in total. The molecule has 1 aromatic rings. The predicted molar refractivity (Wildman–Crippen MR) is 171 cm³/mol. The van der Waals surface area contributed by atoms with Gasteiger partial charge in [-0.2, -0.15) is 0 Å². The van der Waals surface area contributed by atoms with E-state index in [4.69, 9.17) is 9.47 Å². The van der Waals surface area contributed by atoms with Crippen LogP contribution in [0.1, 0.15) is 63.5 Å². The van der Waals surface area contributed by atoms with Crippen molar-refractivity contribution in [1.29, 1.82) is 0 Å². The van der Waals surface area contributed by atoms with E-state index < -0.39 is 24.2 Å². The SMILES string of the molecule is CN(CCc1ccccn1)C(=O)C1=CN2C3CC4OC5CCCCC5C4CC3OC3C(NCCN4CCCC4)C(F)CC(C1=O)C32. The Bertz CT molecular complexity index is 1310. The lowest BCUT2D eigenvalue weighted by molar-refractivity contribution is -0.209. The van der Waals surface area contributed by atoms with Gasteiger partial charge in [-0.15, -0.1) is 0 Å². The second-order valence-electron chi connectivity index (χ2n) is 15.0. The summed E-state index contributed by atoms with van der Waals surface area (Å²) in [6.45, 7) is 4.25. The maximum atomic E-state index is 16.3. The largest absolute Gasteiger partial charge is 0.374 e. The summed E-state index contributed by atoms with van der Waals surface area (Å²) in [5.74, 6) is -0.114. The number of ketones is 1. The zero-order valence-electron chi connectivity index (χ0n) is 27.1. The zero-order chi connectivity index (χ0) is 31.4. The molecule has 1 amide bonds. The third kappa shape index (κ3) is 5.61. The van der Waals surface area contributed by atoms with Crippen LogP contribution in [0.2, 0.25) is 0 Å². The van der Waals surface area contributed by atoms with Crippen LogP contribution < -0.4 is 5.32 Å². The van der Waals surface area contributed by atoms with Crippen LogP contribution in [0, 0.1) is 17.8 Å². The van der Waals surface area contributed by atoms with Crippen molar-refractivity contribution in [2.75, 3.05) is 39.8 Å². The molecular formula is C36H50FN5O4. The Labute approximate surface area is 272 Å². The first-order chi connectivity index (χ1) is 22.5. The topological polar surface area (TPSA) is 87.2 Å². The summed E-state index contributed by atoms with van der Waals surface area (Å²) in [6.07, 6.45) is 12.1. The predicted octanol–water partition coefficient (Wildman–Crippen LogP) is 3.14. The standard InChI is InChI=1S/C36H50FN5O4/c1-40(16-11-22-8-4-5-12-38-22)36(44)26-21-42-28-20-30-24(23-9-2-3-10-29(23)45-30)19-31(28)46-35-32(39-13-17-41-14-6-7-15-41)27(37)18-25(33(35)42)34(26)43/h4-5,8,12,21,23-25,27-33,35,39H,2-3,6-7,9-11,13-20H2,1H3. The lowest BCUT2D eigenvalue weighted by Gasteiger charge is -2.60. The lowest BCUT2D eigenvalue weighted by atomic mass is 9.67. The van der Waals surface area contributed by atoms with Gasteiger partial charge in [0, 0.05) is 57.1 Å². The summed E-state index contributed by atoms with van der Waals surface area (Å²) in [5, 5.41) is 3.57. The van der Waals surface area contributed by atoms with E-state index >= 15 is 4.39 Å². The van der Waals surface area contributed by atoms with E-state index in [0.29, 0.717) is 37.5 Å². The molecule has 3 aliphatic carbocycles. The maximum Gasteiger partial charge on any atom is 0.258 e. The van der Waals surface area contributed by atoms with Gasteiger partial charge >= 0.3 is 0 Å². The van der Waals surface area contributed by atoms with Crippen LogP contribution in [0.25, 0.3) is 0 Å². The Morgan fingerprint density at radius 1 is 1.04 bits per heavy atom. The number of fused-ring (bicyclic) bond motifs is 5. The molecule has 0 bridgehead atoms. The molecule has 10 heteroatoms. The number of nitrogens with zero attached hydrogens (tertiary/aromatic N) is 4. The first kappa shape index (κ1) is 30.9. The number of morpholine rings is 1. The van der Waals surface area contributed by atoms with E-state index in [1.807, 2.05) is 24.4 Å². The molecule has 250 valence electrons. The number of Topliss-reactive ketones (excluding diaryl/α,β-unsaturated/α-hetero) is 1. The number of amides is 1. The van der Waals surface area contributed by atoms with Crippen LogP contribution in [0.15, 0.2) is 36.2 Å². The van der Waals surface area contributed by atoms with Crippen LogP contribution in [0.5, 0.6) is 0 Å². The van der Waals surface area contributed by atoms with Crippen molar-refractivity contribution in [2.24, 2.45) is 17.8 Å². The Morgan fingerprint density at radius 3 is 2.72 bits per heavy atom. The Morgan fingerprint density at radius 2 is 1.89 bits per heavy atom. The molecule has 3 saturated heterocycles. The highest BCUT2D eigenvalue weighted by molar-refractivity contribution is 6.20. The number of halogens is 1. The first-order valence-electron chi connectivity index (χ1n) is 18.1. The highest BCUT2D eigenvalue weighted by Crippen LogP contribution is 2.52. The van der Waals surface area contributed by atoms with Gasteiger partial charge in [0.2, 0.25) is 0 Å². The Balaban J connectivity index is 1.07. The van der Waals surface area contributed by atoms with Crippen LogP contribution in [0.4, 0.5) is 4.39 Å². The average Bonchev–Trinajstić information content (AvgIpc) is 3.73. The molecule has 9 nitrogen and oxygen atoms in total. The number of hydrogen-bond donors (Lipinski definition) is 1. The monoisotopic (exact) mass is 635 g/mol. The van der Waals surface area contributed by atoms with Crippen molar-refractivity contribution in [2.45, 2.75) is 113 Å². The fraction of sp³-hybridized carbons (Fsp3) is 0.750. The number of nitrogens with one attached hydrogen (secondary N) is 1. The van der Waals surface area contributed by atoms with Crippen LogP contribution >= 0.6 is 0 Å². The highest BCUT2D eigenvalue weighted by Gasteiger charge is 2.61. The Hall–Kier alpha value is -2.40. The number of aromatic nitrogens is 1. The molecule has 11 atom stereocenters. The van der Waals surface area contributed by atoms with Gasteiger partial charge in [-0.1, -0.05) is 18.9 Å². The smallest absolute Gasteiger partial charge is 0.258 e. The van der Waals surface area contributed by atoms with Crippen molar-refractivity contribution >= 4 is 11.7 Å². The summed E-state index contributed by atoms with van der Waals surface area (Å²) in [6, 6.07) is 4.98. The lowest BCUT2D eigenvalue weighted by Crippen LogP contribution is -2.73. The fourth-order valence-electron chi connectivity index (χ4n) is 10.2. The molecule has 0 radical (unpaired) electrons. The number of hydrogen-bond acceptors (Lipinski definition) is 8. The molecule has 0 aromatic carbocycles. The van der Waals surface area contributed by atoms with Gasteiger partial charge in [0.15, 0.2) is 5.78 Å². The number of carbonyl (C=O) groups is 2. The van der Waals surface area contributed by atoms with Gasteiger partial charge in [0.25, 0.3) is 5.91 Å². The van der Waals surface area contributed by atoms with Gasteiger partial charge in [-0.05, 0) is 82.0 Å². The Kier molecular flexibility index (Phi) is 8.67. The molecule has 1 aromatic heterocycles. The molecule has 46 heavy (non-hydrogen) atoms. The van der Waals surface area contributed by atoms with E-state index in [2.05, 4.69) is 20.1 Å². The number of carbonyl (C=O) groups excluding carboxylic acids is 2. The van der Waals surface area contributed by atoms with Gasteiger partial charge in [-0.25, -0.2) is 4.39 Å². The van der Waals surface area contributed by atoms with Crippen molar-refractivity contribution < 1.29 is 23.5 Å². The minimum absolute atomic E-state index is 0.00119. The zero-order valence-corrected chi connectivity index (χ0v) is 27.1. The highest BCUT2D eigenvalue weighted by atomic mass is 19.1. The second-order valence-corrected chi connectivity index (χ2v) is 15.0. The summed E-state index contributed by atoms with van der Waals surface area (Å²) in [4.78, 5) is 38.8. The normalized spacial score (nSPS) is 40.0. The first-order valence-corrected chi connectivity index (χ1v) is 18.1. The quantitative estimate of drug-likeness (QED) is 0.437. The van der Waals surface area contributed by atoms with Crippen molar-refractivity contribution in [1.82, 2.24) is 25.0 Å². The molecule has 0 spiro atoms. The number of alkyl halides is 1. The maximum absolute atomic E-state index is 16.3. The van der Waals surface area contributed by atoms with Gasteiger partial charge in [0.05, 0.1) is 48.1 Å². The summed E-state index contributed by atoms with van der Waals surface area (Å²) in [7, 11) is 1.74. The van der Waals surface area contributed by atoms with Crippen LogP contribution in [-0.2, 0) is 25.5 Å². The van der Waals surface area contributed by atoms with Crippen molar-refractivity contribution in [3.63, 3.8) is 0 Å². The van der Waals surface area contributed by atoms with Gasteiger partial charge in [0.1, 0.15) is 6.17 Å². The van der Waals surface area contributed by atoms with Gasteiger partial charge < -0.3 is 29.5 Å². The van der Waals surface area contributed by atoms with Crippen molar-refractivity contribution in [3.05, 3.63) is 41.9 Å². The summed E-state index contributed by atoms with van der Waals surface area (Å²) >= 11 is 0. The number of rotatable bonds is 8. The van der Waals surface area contributed by atoms with E-state index in [9.17, 15) is 9.59 Å². The number of likely N-dealkylation sites (N-methyl/N-ethyl adjacent to an activating group) is 1. The van der Waals surface area contributed by atoms with E-state index in [0.717, 1.165) is 44.6 Å². The van der Waals surface area contributed by atoms with Crippen LogP contribution in [0.3, 0.4) is 0 Å². The molecule has 11 unspecified atom stereocenters. The minimum Gasteiger partial charge on any atom is -0.374 e. The molecular weight excluding hydrogens is 585 g/mol. The third-order valence-electron chi connectivity index (χ3n) is 12.5. The molecule has 3 saturated carbocycles. The molecule has 6 fully saturated rings. The second kappa shape index (κ2) is 12.9. The molecule has 7 aliphatic rings. The average molecular weight is 636 g/mol. The third-order valence-corrected chi connectivity index (χ3v) is 12.5.